The normalized spacial score (nSPS) is 17.2. The summed E-state index contributed by atoms with van der Waals surface area (Å²) >= 11 is -9.56. The zero-order chi connectivity index (χ0) is 14.5. The monoisotopic (exact) mass is 356 g/mol. The van der Waals surface area contributed by atoms with Gasteiger partial charge in [0.05, 0.1) is 0 Å². The number of alkyl halides is 10. The van der Waals surface area contributed by atoms with Crippen LogP contribution >= 0.6 is 0 Å². The van der Waals surface area contributed by atoms with Gasteiger partial charge in [-0.3, -0.25) is 0 Å². The zero-order valence-corrected chi connectivity index (χ0v) is 8.66. The summed E-state index contributed by atoms with van der Waals surface area (Å²) in [5.74, 6) is 0. The van der Waals surface area contributed by atoms with Crippen molar-refractivity contribution in [3.63, 3.8) is 0 Å². The van der Waals surface area contributed by atoms with Gasteiger partial charge in [-0.2, -0.15) is 0 Å². The molecule has 13 heteroatoms. The molecule has 0 N–H and O–H groups in total. The third-order valence-electron chi connectivity index (χ3n) is 1.30. The van der Waals surface area contributed by atoms with Crippen LogP contribution in [0.15, 0.2) is 0 Å². The van der Waals surface area contributed by atoms with Crippen molar-refractivity contribution >= 4 is 13.8 Å². The van der Waals surface area contributed by atoms with E-state index in [-0.39, 0.29) is 0 Å². The van der Waals surface area contributed by atoms with Crippen molar-refractivity contribution in [1.29, 1.82) is 0 Å². The van der Waals surface area contributed by atoms with Gasteiger partial charge in [0, 0.05) is 0 Å². The summed E-state index contributed by atoms with van der Waals surface area (Å²) in [6.07, 6.45) is -14.4. The maximum absolute atomic E-state index is 12.2. The summed E-state index contributed by atoms with van der Waals surface area (Å²) in [5.41, 5.74) is 0. The van der Waals surface area contributed by atoms with Crippen molar-refractivity contribution in [2.45, 2.75) is 22.0 Å². The topological polar surface area (TPSA) is 0 Å². The Kier molecular flexibility index (Phi) is 3.76. The summed E-state index contributed by atoms with van der Waals surface area (Å²) in [6.45, 7) is 0. The molecule has 17 heavy (non-hydrogen) atoms. The van der Waals surface area contributed by atoms with Gasteiger partial charge in [-0.05, 0) is 0 Å². The van der Waals surface area contributed by atoms with Gasteiger partial charge in [0.25, 0.3) is 0 Å². The van der Waals surface area contributed by atoms with Gasteiger partial charge >= 0.3 is 86.8 Å². The fourth-order valence-corrected chi connectivity index (χ4v) is 2.35. The Bertz CT molecular complexity index is 254. The van der Waals surface area contributed by atoms with E-state index in [1.165, 1.54) is 0 Å². The molecule has 106 valence electrons. The summed E-state index contributed by atoms with van der Waals surface area (Å²) in [5, 5.41) is 0. The van der Waals surface area contributed by atoms with E-state index in [9.17, 15) is 51.0 Å². The van der Waals surface area contributed by atoms with Crippen LogP contribution in [0.25, 0.3) is 0 Å². The second-order valence-electron chi connectivity index (χ2n) is 2.50. The van der Waals surface area contributed by atoms with Crippen LogP contribution < -0.4 is 0 Å². The summed E-state index contributed by atoms with van der Waals surface area (Å²) in [6, 6.07) is 0. The molecular weight excluding hydrogens is 355 g/mol. The Labute approximate surface area is 87.7 Å². The van der Waals surface area contributed by atoms with Crippen molar-refractivity contribution in [2.24, 2.45) is 0 Å². The predicted molar refractivity (Wildman–Crippen MR) is 30.0 cm³/mol. The van der Waals surface area contributed by atoms with E-state index in [2.05, 4.69) is 0 Å². The maximum atomic E-state index is 12.2. The first-order chi connectivity index (χ1) is 7.00. The van der Waals surface area contributed by atoms with Gasteiger partial charge in [0.15, 0.2) is 0 Å². The minimum absolute atomic E-state index is 7.19. The molecule has 0 fully saturated rings. The van der Waals surface area contributed by atoms with Gasteiger partial charge < -0.3 is 0 Å². The molecular formula is C4F12Se. The average molecular weight is 355 g/mol. The van der Waals surface area contributed by atoms with Crippen molar-refractivity contribution in [2.75, 3.05) is 0 Å². The van der Waals surface area contributed by atoms with Crippen molar-refractivity contribution in [3.8, 4) is 0 Å². The minimum atomic E-state index is -9.56. The molecule has 0 heterocycles. The van der Waals surface area contributed by atoms with E-state index in [4.69, 9.17) is 0 Å². The van der Waals surface area contributed by atoms with Crippen molar-refractivity contribution in [1.82, 2.24) is 0 Å². The molecule has 0 aliphatic heterocycles. The summed E-state index contributed by atoms with van der Waals surface area (Å²) in [4.78, 5) is -14.7. The molecule has 0 unspecified atom stereocenters. The first kappa shape index (κ1) is 16.7. The SMILES string of the molecule is FC(F)(F)C(F)(F)[Se](F)(F)C(F)(F)C(F)(F)F. The summed E-state index contributed by atoms with van der Waals surface area (Å²) < 4.78 is 140. The van der Waals surface area contributed by atoms with Crippen LogP contribution in [0.1, 0.15) is 0 Å². The van der Waals surface area contributed by atoms with Gasteiger partial charge in [-0.25, -0.2) is 0 Å². The average Bonchev–Trinajstić information content (AvgIpc) is 1.98. The number of rotatable bonds is 2. The molecule has 0 radical (unpaired) electrons. The van der Waals surface area contributed by atoms with Crippen molar-refractivity contribution < 1.29 is 51.0 Å². The van der Waals surface area contributed by atoms with Crippen LogP contribution in [0.3, 0.4) is 0 Å². The van der Waals surface area contributed by atoms with Crippen LogP contribution in [-0.4, -0.2) is 35.7 Å². The Morgan fingerprint density at radius 3 is 0.765 bits per heavy atom. The molecule has 0 aromatic heterocycles. The van der Waals surface area contributed by atoms with Crippen LogP contribution in [0.2, 0.25) is 0 Å². The molecule has 0 amide bonds. The molecule has 0 aliphatic rings. The van der Waals surface area contributed by atoms with Gasteiger partial charge in [-0.15, -0.1) is 0 Å². The fraction of sp³-hybridized carbons (Fsp3) is 1.00. The Hall–Kier alpha value is -0.321. The van der Waals surface area contributed by atoms with Crippen molar-refractivity contribution in [3.05, 3.63) is 0 Å². The van der Waals surface area contributed by atoms with Crippen LogP contribution in [0.4, 0.5) is 51.0 Å². The van der Waals surface area contributed by atoms with Crippen LogP contribution in [0.5, 0.6) is 0 Å². The van der Waals surface area contributed by atoms with E-state index >= 15 is 0 Å². The van der Waals surface area contributed by atoms with Gasteiger partial charge in [0.2, 0.25) is 0 Å². The number of hydrogen-bond donors (Lipinski definition) is 0. The molecule has 0 atom stereocenters. The van der Waals surface area contributed by atoms with Crippen LogP contribution in [0, 0.1) is 0 Å². The van der Waals surface area contributed by atoms with Gasteiger partial charge in [0.1, 0.15) is 0 Å². The molecule has 0 spiro atoms. The molecule has 0 saturated carbocycles. The first-order valence-electron chi connectivity index (χ1n) is 3.11. The third kappa shape index (κ3) is 2.30. The molecule has 0 rings (SSSR count). The number of halogens is 12. The molecule has 0 bridgehead atoms. The van der Waals surface area contributed by atoms with E-state index in [1.807, 2.05) is 0 Å². The first-order valence-corrected chi connectivity index (χ1v) is 6.11. The molecule has 0 aromatic rings. The molecule has 0 aromatic carbocycles. The predicted octanol–water partition coefficient (Wildman–Crippen LogP) is 3.84. The number of hydrogen-bond acceptors (Lipinski definition) is 0. The Balaban J connectivity index is 5.73. The molecule has 0 nitrogen and oxygen atoms in total. The molecule has 0 saturated heterocycles. The summed E-state index contributed by atoms with van der Waals surface area (Å²) in [7, 11) is 0. The second kappa shape index (κ2) is 3.84. The van der Waals surface area contributed by atoms with E-state index in [1.54, 1.807) is 0 Å². The Morgan fingerprint density at radius 1 is 0.471 bits per heavy atom. The standard InChI is InChI=1S/C4F12Se/c5-1(6,7)3(11,12)17(15,16)4(13,14)2(8,9)10. The van der Waals surface area contributed by atoms with E-state index in [0.717, 1.165) is 0 Å². The third-order valence-corrected chi connectivity index (χ3v) is 4.98. The fourth-order valence-electron chi connectivity index (χ4n) is 0.452. The van der Waals surface area contributed by atoms with Gasteiger partial charge in [-0.1, -0.05) is 0 Å². The van der Waals surface area contributed by atoms with E-state index < -0.39 is 35.7 Å². The Morgan fingerprint density at radius 2 is 0.647 bits per heavy atom. The quantitative estimate of drug-likeness (QED) is 0.522. The zero-order valence-electron chi connectivity index (χ0n) is 6.94. The van der Waals surface area contributed by atoms with Crippen LogP contribution in [-0.2, 0) is 0 Å². The van der Waals surface area contributed by atoms with E-state index in [0.29, 0.717) is 0 Å². The molecule has 0 aliphatic carbocycles. The second-order valence-corrected chi connectivity index (χ2v) is 6.62.